The number of phenols is 1. The third-order valence-electron chi connectivity index (χ3n) is 2.72. The number of benzene rings is 2. The Bertz CT molecular complexity index is 754. The van der Waals surface area contributed by atoms with Crippen LogP contribution < -0.4 is 0 Å². The van der Waals surface area contributed by atoms with Gasteiger partial charge in [0.1, 0.15) is 5.75 Å². The van der Waals surface area contributed by atoms with E-state index in [1.807, 2.05) is 0 Å². The maximum Gasteiger partial charge on any atom is 0.261 e. The predicted octanol–water partition coefficient (Wildman–Crippen LogP) is 4.42. The van der Waals surface area contributed by atoms with Gasteiger partial charge in [-0.05, 0) is 42.5 Å². The lowest BCUT2D eigenvalue weighted by Gasteiger charge is -1.98. The van der Waals surface area contributed by atoms with Crippen LogP contribution in [0.4, 0.5) is 0 Å². The van der Waals surface area contributed by atoms with Crippen molar-refractivity contribution in [2.24, 2.45) is 0 Å². The van der Waals surface area contributed by atoms with Gasteiger partial charge in [-0.25, -0.2) is 0 Å². The lowest BCUT2D eigenvalue weighted by molar-refractivity contribution is 0.426. The summed E-state index contributed by atoms with van der Waals surface area (Å²) in [4.78, 5) is 4.25. The van der Waals surface area contributed by atoms with Gasteiger partial charge in [0, 0.05) is 15.6 Å². The van der Waals surface area contributed by atoms with Crippen molar-refractivity contribution in [3.05, 3.63) is 52.5 Å². The molecule has 0 aliphatic heterocycles. The van der Waals surface area contributed by atoms with E-state index in [9.17, 15) is 5.11 Å². The molecule has 4 nitrogen and oxygen atoms in total. The average Bonchev–Trinajstić information content (AvgIpc) is 2.89. The van der Waals surface area contributed by atoms with Gasteiger partial charge in [0.15, 0.2) is 0 Å². The molecule has 3 rings (SSSR count). The van der Waals surface area contributed by atoms with E-state index in [2.05, 4.69) is 10.1 Å². The number of hydrogen-bond donors (Lipinski definition) is 1. The van der Waals surface area contributed by atoms with Crippen LogP contribution in [0.5, 0.6) is 5.75 Å². The van der Waals surface area contributed by atoms with Gasteiger partial charge in [0.05, 0.1) is 5.56 Å². The summed E-state index contributed by atoms with van der Waals surface area (Å²) in [6, 6.07) is 11.7. The molecule has 0 radical (unpaired) electrons. The third-order valence-corrected chi connectivity index (χ3v) is 3.21. The van der Waals surface area contributed by atoms with Gasteiger partial charge in [-0.2, -0.15) is 4.98 Å². The quantitative estimate of drug-likeness (QED) is 0.761. The minimum Gasteiger partial charge on any atom is -0.507 e. The molecule has 2 aromatic carbocycles. The molecule has 0 saturated carbocycles. The second kappa shape index (κ2) is 5.15. The molecular weight excluding hydrogens is 299 g/mol. The van der Waals surface area contributed by atoms with Crippen molar-refractivity contribution >= 4 is 23.2 Å². The second-order valence-electron chi connectivity index (χ2n) is 4.09. The Balaban J connectivity index is 1.99. The van der Waals surface area contributed by atoms with Crippen LogP contribution in [0.1, 0.15) is 0 Å². The molecule has 0 aliphatic rings. The molecule has 3 aromatic rings. The highest BCUT2D eigenvalue weighted by molar-refractivity contribution is 6.31. The maximum atomic E-state index is 9.83. The van der Waals surface area contributed by atoms with Crippen LogP contribution in [0, 0.1) is 0 Å². The SMILES string of the molecule is Oc1cc(Cl)ccc1-c1nc(-c2ccc(Cl)cc2)no1. The Hall–Kier alpha value is -2.04. The molecule has 0 atom stereocenters. The van der Waals surface area contributed by atoms with Crippen LogP contribution in [-0.2, 0) is 0 Å². The summed E-state index contributed by atoms with van der Waals surface area (Å²) in [5.74, 6) is 0.638. The smallest absolute Gasteiger partial charge is 0.261 e. The van der Waals surface area contributed by atoms with Crippen molar-refractivity contribution in [3.8, 4) is 28.6 Å². The molecule has 20 heavy (non-hydrogen) atoms. The number of rotatable bonds is 2. The van der Waals surface area contributed by atoms with E-state index in [1.165, 1.54) is 6.07 Å². The van der Waals surface area contributed by atoms with Crippen LogP contribution in [0.15, 0.2) is 47.0 Å². The van der Waals surface area contributed by atoms with Crippen molar-refractivity contribution in [1.29, 1.82) is 0 Å². The molecule has 1 aromatic heterocycles. The Kier molecular flexibility index (Phi) is 3.34. The van der Waals surface area contributed by atoms with Crippen LogP contribution in [-0.4, -0.2) is 15.2 Å². The standard InChI is InChI=1S/C14H8Cl2N2O2/c15-9-3-1-8(2-4-9)13-17-14(20-18-13)11-6-5-10(16)7-12(11)19/h1-7,19H. The zero-order chi connectivity index (χ0) is 14.1. The lowest BCUT2D eigenvalue weighted by atomic mass is 10.2. The molecule has 0 fully saturated rings. The van der Waals surface area contributed by atoms with E-state index in [0.29, 0.717) is 21.4 Å². The third kappa shape index (κ3) is 2.48. The van der Waals surface area contributed by atoms with E-state index >= 15 is 0 Å². The van der Waals surface area contributed by atoms with Gasteiger partial charge in [0.2, 0.25) is 5.82 Å². The number of halogens is 2. The largest absolute Gasteiger partial charge is 0.507 e. The van der Waals surface area contributed by atoms with Crippen molar-refractivity contribution < 1.29 is 9.63 Å². The lowest BCUT2D eigenvalue weighted by Crippen LogP contribution is -1.82. The van der Waals surface area contributed by atoms with E-state index in [0.717, 1.165) is 5.56 Å². The van der Waals surface area contributed by atoms with Crippen LogP contribution in [0.2, 0.25) is 10.0 Å². The molecule has 1 heterocycles. The summed E-state index contributed by atoms with van der Waals surface area (Å²) < 4.78 is 5.16. The van der Waals surface area contributed by atoms with Crippen molar-refractivity contribution in [2.45, 2.75) is 0 Å². The van der Waals surface area contributed by atoms with Gasteiger partial charge in [-0.15, -0.1) is 0 Å². The molecule has 0 bridgehead atoms. The Morgan fingerprint density at radius 1 is 0.950 bits per heavy atom. The second-order valence-corrected chi connectivity index (χ2v) is 4.96. The fraction of sp³-hybridized carbons (Fsp3) is 0. The molecule has 0 saturated heterocycles. The Morgan fingerprint density at radius 3 is 2.35 bits per heavy atom. The number of aromatic hydroxyl groups is 1. The normalized spacial score (nSPS) is 10.7. The maximum absolute atomic E-state index is 9.83. The van der Waals surface area contributed by atoms with Crippen molar-refractivity contribution in [1.82, 2.24) is 10.1 Å². The van der Waals surface area contributed by atoms with E-state index in [1.54, 1.807) is 36.4 Å². The van der Waals surface area contributed by atoms with E-state index in [-0.39, 0.29) is 11.6 Å². The predicted molar refractivity (Wildman–Crippen MR) is 76.9 cm³/mol. The number of hydrogen-bond acceptors (Lipinski definition) is 4. The molecule has 0 amide bonds. The summed E-state index contributed by atoms with van der Waals surface area (Å²) >= 11 is 11.6. The fourth-order valence-corrected chi connectivity index (χ4v) is 2.03. The average molecular weight is 307 g/mol. The first-order chi connectivity index (χ1) is 9.63. The topological polar surface area (TPSA) is 59.2 Å². The summed E-state index contributed by atoms with van der Waals surface area (Å²) in [6.45, 7) is 0. The highest BCUT2D eigenvalue weighted by Crippen LogP contribution is 2.31. The molecule has 6 heteroatoms. The first-order valence-corrected chi connectivity index (χ1v) is 6.47. The van der Waals surface area contributed by atoms with Crippen molar-refractivity contribution in [3.63, 3.8) is 0 Å². The zero-order valence-corrected chi connectivity index (χ0v) is 11.6. The Labute approximate surface area is 124 Å². The van der Waals surface area contributed by atoms with Crippen LogP contribution in [0.3, 0.4) is 0 Å². The summed E-state index contributed by atoms with van der Waals surface area (Å²) in [5, 5.41) is 14.8. The summed E-state index contributed by atoms with van der Waals surface area (Å²) in [5.41, 5.74) is 1.21. The van der Waals surface area contributed by atoms with Crippen LogP contribution in [0.25, 0.3) is 22.8 Å². The van der Waals surface area contributed by atoms with Crippen molar-refractivity contribution in [2.75, 3.05) is 0 Å². The molecule has 0 spiro atoms. The number of aromatic nitrogens is 2. The summed E-state index contributed by atoms with van der Waals surface area (Å²) in [6.07, 6.45) is 0. The highest BCUT2D eigenvalue weighted by atomic mass is 35.5. The van der Waals surface area contributed by atoms with Gasteiger partial charge in [-0.3, -0.25) is 0 Å². The molecule has 0 unspecified atom stereocenters. The minimum atomic E-state index is -0.0104. The molecule has 1 N–H and O–H groups in total. The highest BCUT2D eigenvalue weighted by Gasteiger charge is 2.14. The zero-order valence-electron chi connectivity index (χ0n) is 10.0. The monoisotopic (exact) mass is 306 g/mol. The Morgan fingerprint density at radius 2 is 1.65 bits per heavy atom. The van der Waals surface area contributed by atoms with Gasteiger partial charge in [-0.1, -0.05) is 28.4 Å². The fourth-order valence-electron chi connectivity index (χ4n) is 1.73. The molecule has 0 aliphatic carbocycles. The first kappa shape index (κ1) is 13.0. The van der Waals surface area contributed by atoms with Gasteiger partial charge >= 0.3 is 0 Å². The minimum absolute atomic E-state index is 0.0104. The van der Waals surface area contributed by atoms with Gasteiger partial charge in [0.25, 0.3) is 5.89 Å². The number of phenolic OH excluding ortho intramolecular Hbond substituents is 1. The first-order valence-electron chi connectivity index (χ1n) is 5.72. The van der Waals surface area contributed by atoms with E-state index < -0.39 is 0 Å². The molecular formula is C14H8Cl2N2O2. The van der Waals surface area contributed by atoms with E-state index in [4.69, 9.17) is 27.7 Å². The van der Waals surface area contributed by atoms with Crippen LogP contribution >= 0.6 is 23.2 Å². The molecule has 100 valence electrons. The van der Waals surface area contributed by atoms with Gasteiger partial charge < -0.3 is 9.63 Å². The number of nitrogens with zero attached hydrogens (tertiary/aromatic N) is 2. The summed E-state index contributed by atoms with van der Waals surface area (Å²) in [7, 11) is 0.